The summed E-state index contributed by atoms with van der Waals surface area (Å²) in [5.74, 6) is -3.11. The monoisotopic (exact) mass is 585 g/mol. The Kier molecular flexibility index (Phi) is 8.22. The third-order valence-electron chi connectivity index (χ3n) is 6.62. The van der Waals surface area contributed by atoms with Crippen molar-refractivity contribution in [2.75, 3.05) is 0 Å². The van der Waals surface area contributed by atoms with Crippen LogP contribution < -0.4 is 9.47 Å². The molecule has 0 amide bonds. The molecule has 6 nitrogen and oxygen atoms in total. The van der Waals surface area contributed by atoms with E-state index in [9.17, 15) is 18.7 Å². The molecule has 3 aliphatic rings. The fourth-order valence-electron chi connectivity index (χ4n) is 4.40. The molecule has 2 aliphatic carbocycles. The minimum absolute atomic E-state index is 0.0161. The van der Waals surface area contributed by atoms with Crippen molar-refractivity contribution < 1.29 is 33.3 Å². The molecule has 208 valence electrons. The number of hydrogen-bond donors (Lipinski definition) is 2. The number of carboxylic acid groups (broad SMARTS) is 1. The summed E-state index contributed by atoms with van der Waals surface area (Å²) in [5.41, 5.74) is 3.48. The lowest BCUT2D eigenvalue weighted by molar-refractivity contribution is -0.0893. The second-order valence-electron chi connectivity index (χ2n) is 9.79. The summed E-state index contributed by atoms with van der Waals surface area (Å²) in [7, 11) is 1.36. The van der Waals surface area contributed by atoms with Crippen LogP contribution in [0.25, 0.3) is 0 Å². The van der Waals surface area contributed by atoms with E-state index in [1.807, 2.05) is 6.07 Å². The maximum Gasteiger partial charge on any atom is 0.408 e. The fourth-order valence-corrected chi connectivity index (χ4v) is 4.85. The molecule has 0 bridgehead atoms. The zero-order valence-electron chi connectivity index (χ0n) is 21.3. The van der Waals surface area contributed by atoms with Gasteiger partial charge in [0.2, 0.25) is 6.29 Å². The molecule has 0 spiro atoms. The van der Waals surface area contributed by atoms with E-state index in [0.29, 0.717) is 39.1 Å². The van der Waals surface area contributed by atoms with Crippen LogP contribution in [0.15, 0.2) is 89.1 Å². The Balaban J connectivity index is 0.000000306. The predicted octanol–water partition coefficient (Wildman–Crippen LogP) is 7.27. The number of rotatable bonds is 9. The lowest BCUT2D eigenvalue weighted by Crippen LogP contribution is -2.32. The van der Waals surface area contributed by atoms with E-state index < -0.39 is 18.1 Å². The molecule has 3 aromatic carbocycles. The number of aliphatic imine (C=N–C) groups is 1. The third kappa shape index (κ3) is 6.87. The van der Waals surface area contributed by atoms with Crippen LogP contribution in [0, 0.1) is 5.92 Å². The van der Waals surface area contributed by atoms with Crippen LogP contribution in [-0.4, -0.2) is 34.0 Å². The third-order valence-corrected chi connectivity index (χ3v) is 7.07. The molecule has 3 aromatic rings. The molecule has 2 fully saturated rings. The first-order valence-electron chi connectivity index (χ1n) is 12.8. The van der Waals surface area contributed by atoms with Gasteiger partial charge in [-0.3, -0.25) is 4.99 Å². The zero-order valence-corrected chi connectivity index (χ0v) is 23.2. The highest BCUT2D eigenvalue weighted by molar-refractivity contribution is 7.17. The SMILES string of the molecule is O=C(O)c1ccccc1.OC(Oc1ccc(C2CC2)c(Cl)c1)C1=C(C2CC2)N=C1c1ccccc1OC(F)(F)P. The quantitative estimate of drug-likeness (QED) is 0.204. The number of allylic oxidation sites excluding steroid dienone is 1. The Morgan fingerprint density at radius 3 is 2.23 bits per heavy atom. The lowest BCUT2D eigenvalue weighted by atomic mass is 9.92. The zero-order chi connectivity index (χ0) is 28.4. The van der Waals surface area contributed by atoms with Crippen molar-refractivity contribution in [1.29, 1.82) is 0 Å². The second-order valence-corrected chi connectivity index (χ2v) is 10.9. The number of para-hydroxylation sites is 1. The molecule has 2 saturated carbocycles. The highest BCUT2D eigenvalue weighted by Crippen LogP contribution is 2.47. The van der Waals surface area contributed by atoms with E-state index in [1.165, 1.54) is 15.3 Å². The van der Waals surface area contributed by atoms with Gasteiger partial charge in [0.25, 0.3) is 0 Å². The summed E-state index contributed by atoms with van der Waals surface area (Å²) in [6.07, 6.45) is 2.93. The topological polar surface area (TPSA) is 88.4 Å². The molecular weight excluding hydrogens is 559 g/mol. The number of benzene rings is 3. The van der Waals surface area contributed by atoms with Crippen molar-refractivity contribution in [3.05, 3.63) is 106 Å². The average Bonchev–Trinajstić information content (AvgIpc) is 3.80. The number of ether oxygens (including phenoxy) is 2. The van der Waals surface area contributed by atoms with Gasteiger partial charge >= 0.3 is 11.8 Å². The summed E-state index contributed by atoms with van der Waals surface area (Å²) >= 11 is 6.38. The van der Waals surface area contributed by atoms with Crippen LogP contribution in [0.1, 0.15) is 53.1 Å². The van der Waals surface area contributed by atoms with Gasteiger partial charge in [0.05, 0.1) is 22.5 Å². The van der Waals surface area contributed by atoms with Crippen molar-refractivity contribution in [1.82, 2.24) is 0 Å². The van der Waals surface area contributed by atoms with Crippen LogP contribution in [0.5, 0.6) is 11.5 Å². The largest absolute Gasteiger partial charge is 0.478 e. The van der Waals surface area contributed by atoms with Gasteiger partial charge in [-0.1, -0.05) is 48.0 Å². The molecular formula is C30H27ClF2NO5P. The number of aliphatic hydroxyl groups excluding tert-OH is 1. The highest BCUT2D eigenvalue weighted by atomic mass is 35.5. The van der Waals surface area contributed by atoms with Crippen LogP contribution in [0.3, 0.4) is 0 Å². The van der Waals surface area contributed by atoms with Gasteiger partial charge in [0.15, 0.2) is 0 Å². The number of aromatic carboxylic acids is 1. The van der Waals surface area contributed by atoms with E-state index in [2.05, 4.69) is 4.99 Å². The molecule has 0 aromatic heterocycles. The van der Waals surface area contributed by atoms with Crippen molar-refractivity contribution >= 4 is 32.5 Å². The van der Waals surface area contributed by atoms with Crippen LogP contribution in [0.4, 0.5) is 8.78 Å². The Bertz CT molecular complexity index is 1470. The molecule has 0 saturated heterocycles. The molecule has 10 heteroatoms. The van der Waals surface area contributed by atoms with E-state index in [0.717, 1.165) is 36.9 Å². The van der Waals surface area contributed by atoms with Gasteiger partial charge in [-0.15, -0.1) is 0 Å². The average molecular weight is 586 g/mol. The maximum absolute atomic E-state index is 13.5. The molecule has 1 heterocycles. The van der Waals surface area contributed by atoms with Crippen molar-refractivity contribution in [2.24, 2.45) is 10.9 Å². The molecule has 1 aliphatic heterocycles. The Morgan fingerprint density at radius 2 is 1.65 bits per heavy atom. The number of aliphatic hydroxyl groups is 1. The molecule has 0 radical (unpaired) electrons. The summed E-state index contributed by atoms with van der Waals surface area (Å²) in [4.78, 5) is 14.8. The van der Waals surface area contributed by atoms with E-state index in [4.69, 9.17) is 26.2 Å². The molecule has 2 N–H and O–H groups in total. The first-order chi connectivity index (χ1) is 19.1. The first-order valence-corrected chi connectivity index (χ1v) is 13.8. The second kappa shape index (κ2) is 11.7. The van der Waals surface area contributed by atoms with Gasteiger partial charge in [-0.2, -0.15) is 8.78 Å². The number of halogens is 3. The summed E-state index contributed by atoms with van der Waals surface area (Å²) in [6, 6.07) is 20.1. The van der Waals surface area contributed by atoms with Crippen molar-refractivity contribution in [3.63, 3.8) is 0 Å². The minimum Gasteiger partial charge on any atom is -0.478 e. The Hall–Kier alpha value is -3.32. The van der Waals surface area contributed by atoms with Crippen LogP contribution >= 0.6 is 20.8 Å². The van der Waals surface area contributed by atoms with Crippen molar-refractivity contribution in [3.8, 4) is 11.5 Å². The number of hydrogen-bond acceptors (Lipinski definition) is 5. The molecule has 6 rings (SSSR count). The number of carbonyl (C=O) groups is 1. The minimum atomic E-state index is -3.42. The first kappa shape index (κ1) is 28.2. The van der Waals surface area contributed by atoms with Gasteiger partial charge in [-0.05, 0) is 82.8 Å². The summed E-state index contributed by atoms with van der Waals surface area (Å²) < 4.78 is 37.5. The van der Waals surface area contributed by atoms with Gasteiger partial charge in [0.1, 0.15) is 11.5 Å². The van der Waals surface area contributed by atoms with Crippen LogP contribution in [-0.2, 0) is 0 Å². The summed E-state index contributed by atoms with van der Waals surface area (Å²) in [6.45, 7) is 0. The standard InChI is InChI=1S/C23H21ClF2NO3P.C7H6O2/c24-17-11-14(9-10-15(17)12-5-6-12)29-22(28)19-20(13-7-8-13)27-21(19)16-3-1-2-4-18(16)30-23(25,26)31;8-7(9)6-4-2-1-3-5-6/h1-4,9-13,22,28H,5-8,31H2;1-5H,(H,8,9). The van der Waals surface area contributed by atoms with Gasteiger partial charge in [-0.25, -0.2) is 4.79 Å². The van der Waals surface area contributed by atoms with Gasteiger partial charge < -0.3 is 19.7 Å². The molecule has 40 heavy (non-hydrogen) atoms. The number of nitrogens with zero attached hydrogens (tertiary/aromatic N) is 1. The van der Waals surface area contributed by atoms with Crippen LogP contribution in [0.2, 0.25) is 5.02 Å². The van der Waals surface area contributed by atoms with E-state index in [-0.39, 0.29) is 11.7 Å². The Labute approximate surface area is 237 Å². The lowest BCUT2D eigenvalue weighted by Gasteiger charge is -2.28. The van der Waals surface area contributed by atoms with E-state index in [1.54, 1.807) is 60.7 Å². The molecule has 2 atom stereocenters. The number of carboxylic acids is 1. The highest BCUT2D eigenvalue weighted by Gasteiger charge is 2.40. The van der Waals surface area contributed by atoms with Gasteiger partial charge in [0, 0.05) is 16.5 Å². The fraction of sp³-hybridized carbons (Fsp3) is 0.267. The smallest absolute Gasteiger partial charge is 0.408 e. The normalized spacial score (nSPS) is 17.2. The maximum atomic E-state index is 13.5. The number of alkyl halides is 2. The summed E-state index contributed by atoms with van der Waals surface area (Å²) in [5, 5.41) is 19.9. The van der Waals surface area contributed by atoms with Crippen molar-refractivity contribution in [2.45, 2.75) is 43.7 Å². The molecule has 2 unspecified atom stereocenters. The Morgan fingerprint density at radius 1 is 1.00 bits per heavy atom. The predicted molar refractivity (Wildman–Crippen MR) is 151 cm³/mol. The van der Waals surface area contributed by atoms with E-state index >= 15 is 0 Å².